The number of carboxylic acid groups (broad SMARTS) is 1. The molecule has 0 radical (unpaired) electrons. The van der Waals surface area contributed by atoms with Gasteiger partial charge in [-0.2, -0.15) is 0 Å². The Kier molecular flexibility index (Phi) is 4.69. The Morgan fingerprint density at radius 1 is 1.30 bits per heavy atom. The van der Waals surface area contributed by atoms with Gasteiger partial charge in [-0.25, -0.2) is 0 Å². The SMILES string of the molecule is CCc1nnc(NC(=O)C2CC(CC)CC2C(=O)O)s1. The van der Waals surface area contributed by atoms with Gasteiger partial charge in [0.2, 0.25) is 11.0 Å². The van der Waals surface area contributed by atoms with E-state index in [0.717, 1.165) is 17.8 Å². The third-order valence-corrected chi connectivity index (χ3v) is 4.87. The lowest BCUT2D eigenvalue weighted by Crippen LogP contribution is -2.29. The molecule has 1 amide bonds. The molecule has 0 aliphatic heterocycles. The van der Waals surface area contributed by atoms with Crippen LogP contribution in [0.2, 0.25) is 0 Å². The van der Waals surface area contributed by atoms with Crippen molar-refractivity contribution in [2.24, 2.45) is 17.8 Å². The Balaban J connectivity index is 2.05. The minimum atomic E-state index is -0.882. The molecule has 20 heavy (non-hydrogen) atoms. The van der Waals surface area contributed by atoms with Crippen LogP contribution in [-0.2, 0) is 16.0 Å². The second kappa shape index (κ2) is 6.30. The molecular weight excluding hydrogens is 278 g/mol. The van der Waals surface area contributed by atoms with Crippen molar-refractivity contribution in [1.29, 1.82) is 0 Å². The zero-order valence-electron chi connectivity index (χ0n) is 11.6. The Labute approximate surface area is 121 Å². The van der Waals surface area contributed by atoms with Crippen LogP contribution in [0.1, 0.15) is 38.1 Å². The summed E-state index contributed by atoms with van der Waals surface area (Å²) in [4.78, 5) is 23.5. The van der Waals surface area contributed by atoms with E-state index >= 15 is 0 Å². The van der Waals surface area contributed by atoms with Crippen molar-refractivity contribution in [3.05, 3.63) is 5.01 Å². The number of carboxylic acids is 1. The summed E-state index contributed by atoms with van der Waals surface area (Å²) in [5.74, 6) is -1.86. The van der Waals surface area contributed by atoms with Gasteiger partial charge in [0.1, 0.15) is 5.01 Å². The first-order chi connectivity index (χ1) is 9.55. The van der Waals surface area contributed by atoms with E-state index in [1.54, 1.807) is 0 Å². The van der Waals surface area contributed by atoms with E-state index in [2.05, 4.69) is 15.5 Å². The number of amides is 1. The number of aryl methyl sites for hydroxylation is 1. The smallest absolute Gasteiger partial charge is 0.307 e. The summed E-state index contributed by atoms with van der Waals surface area (Å²) in [6.45, 7) is 4.00. The molecule has 7 heteroatoms. The predicted octanol–water partition coefficient (Wildman–Crippen LogP) is 2.18. The van der Waals surface area contributed by atoms with E-state index in [4.69, 9.17) is 0 Å². The monoisotopic (exact) mass is 297 g/mol. The van der Waals surface area contributed by atoms with Crippen molar-refractivity contribution < 1.29 is 14.7 Å². The molecule has 6 nitrogen and oxygen atoms in total. The molecule has 1 aliphatic carbocycles. The molecular formula is C13H19N3O3S. The summed E-state index contributed by atoms with van der Waals surface area (Å²) in [5, 5.41) is 21.1. The van der Waals surface area contributed by atoms with E-state index in [0.29, 0.717) is 23.9 Å². The molecule has 2 rings (SSSR count). The molecule has 3 atom stereocenters. The predicted molar refractivity (Wildman–Crippen MR) is 75.5 cm³/mol. The molecule has 1 aromatic rings. The maximum atomic E-state index is 12.3. The quantitative estimate of drug-likeness (QED) is 0.869. The number of nitrogens with zero attached hydrogens (tertiary/aromatic N) is 2. The maximum Gasteiger partial charge on any atom is 0.307 e. The van der Waals surface area contributed by atoms with Gasteiger partial charge >= 0.3 is 5.97 Å². The first-order valence-electron chi connectivity index (χ1n) is 6.91. The highest BCUT2D eigenvalue weighted by Gasteiger charge is 2.42. The average molecular weight is 297 g/mol. The Hall–Kier alpha value is -1.50. The van der Waals surface area contributed by atoms with Crippen LogP contribution in [0, 0.1) is 17.8 Å². The molecule has 2 N–H and O–H groups in total. The number of anilines is 1. The van der Waals surface area contributed by atoms with Crippen molar-refractivity contribution in [2.75, 3.05) is 5.32 Å². The number of aliphatic carboxylic acids is 1. The summed E-state index contributed by atoms with van der Waals surface area (Å²) in [6.07, 6.45) is 2.90. The molecule has 1 heterocycles. The van der Waals surface area contributed by atoms with Crippen molar-refractivity contribution in [2.45, 2.75) is 39.5 Å². The summed E-state index contributed by atoms with van der Waals surface area (Å²) < 4.78 is 0. The number of hydrogen-bond acceptors (Lipinski definition) is 5. The van der Waals surface area contributed by atoms with Crippen LogP contribution in [-0.4, -0.2) is 27.2 Å². The van der Waals surface area contributed by atoms with Crippen LogP contribution in [0.5, 0.6) is 0 Å². The van der Waals surface area contributed by atoms with Crippen LogP contribution in [0.4, 0.5) is 5.13 Å². The normalized spacial score (nSPS) is 25.6. The number of nitrogens with one attached hydrogen (secondary N) is 1. The average Bonchev–Trinajstić information content (AvgIpc) is 3.04. The van der Waals surface area contributed by atoms with Crippen molar-refractivity contribution in [3.63, 3.8) is 0 Å². The summed E-state index contributed by atoms with van der Waals surface area (Å²) in [7, 11) is 0. The van der Waals surface area contributed by atoms with Crippen molar-refractivity contribution in [1.82, 2.24) is 10.2 Å². The third-order valence-electron chi connectivity index (χ3n) is 3.89. The minimum Gasteiger partial charge on any atom is -0.481 e. The summed E-state index contributed by atoms with van der Waals surface area (Å²) >= 11 is 1.33. The highest BCUT2D eigenvalue weighted by Crippen LogP contribution is 2.39. The van der Waals surface area contributed by atoms with Crippen LogP contribution >= 0.6 is 11.3 Å². The number of hydrogen-bond donors (Lipinski definition) is 2. The van der Waals surface area contributed by atoms with E-state index in [1.807, 2.05) is 13.8 Å². The molecule has 1 aromatic heterocycles. The highest BCUT2D eigenvalue weighted by molar-refractivity contribution is 7.15. The van der Waals surface area contributed by atoms with Gasteiger partial charge in [-0.3, -0.25) is 9.59 Å². The molecule has 0 bridgehead atoms. The maximum absolute atomic E-state index is 12.3. The van der Waals surface area contributed by atoms with E-state index in [1.165, 1.54) is 11.3 Å². The van der Waals surface area contributed by atoms with Gasteiger partial charge in [0, 0.05) is 0 Å². The lowest BCUT2D eigenvalue weighted by atomic mass is 9.95. The lowest BCUT2D eigenvalue weighted by molar-refractivity contribution is -0.145. The molecule has 110 valence electrons. The second-order valence-corrected chi connectivity index (χ2v) is 6.20. The Bertz CT molecular complexity index is 503. The first-order valence-corrected chi connectivity index (χ1v) is 7.72. The van der Waals surface area contributed by atoms with Crippen LogP contribution in [0.3, 0.4) is 0 Å². The Morgan fingerprint density at radius 2 is 2.00 bits per heavy atom. The van der Waals surface area contributed by atoms with Gasteiger partial charge in [0.05, 0.1) is 11.8 Å². The zero-order valence-corrected chi connectivity index (χ0v) is 12.4. The molecule has 3 unspecified atom stereocenters. The van der Waals surface area contributed by atoms with Gasteiger partial charge in [-0.05, 0) is 25.2 Å². The van der Waals surface area contributed by atoms with Crippen LogP contribution < -0.4 is 5.32 Å². The number of aromatic nitrogens is 2. The van der Waals surface area contributed by atoms with E-state index in [-0.39, 0.29) is 5.91 Å². The van der Waals surface area contributed by atoms with E-state index < -0.39 is 17.8 Å². The van der Waals surface area contributed by atoms with Gasteiger partial charge in [0.15, 0.2) is 0 Å². The highest BCUT2D eigenvalue weighted by atomic mass is 32.1. The van der Waals surface area contributed by atoms with Gasteiger partial charge < -0.3 is 10.4 Å². The summed E-state index contributed by atoms with van der Waals surface area (Å²) in [6, 6.07) is 0. The molecule has 0 aromatic carbocycles. The van der Waals surface area contributed by atoms with E-state index in [9.17, 15) is 14.7 Å². The largest absolute Gasteiger partial charge is 0.481 e. The third kappa shape index (κ3) is 3.15. The van der Waals surface area contributed by atoms with Crippen LogP contribution in [0.15, 0.2) is 0 Å². The van der Waals surface area contributed by atoms with Crippen LogP contribution in [0.25, 0.3) is 0 Å². The zero-order chi connectivity index (χ0) is 14.7. The van der Waals surface area contributed by atoms with Crippen molar-refractivity contribution in [3.8, 4) is 0 Å². The molecule has 0 spiro atoms. The number of rotatable bonds is 5. The fraction of sp³-hybridized carbons (Fsp3) is 0.692. The lowest BCUT2D eigenvalue weighted by Gasteiger charge is -2.13. The minimum absolute atomic E-state index is 0.243. The topological polar surface area (TPSA) is 92.2 Å². The second-order valence-electron chi connectivity index (χ2n) is 5.14. The van der Waals surface area contributed by atoms with Gasteiger partial charge in [-0.1, -0.05) is 31.6 Å². The molecule has 1 saturated carbocycles. The van der Waals surface area contributed by atoms with Gasteiger partial charge in [0.25, 0.3) is 0 Å². The molecule has 1 aliphatic rings. The summed E-state index contributed by atoms with van der Waals surface area (Å²) in [5.41, 5.74) is 0. The fourth-order valence-electron chi connectivity index (χ4n) is 2.68. The molecule has 0 saturated heterocycles. The fourth-order valence-corrected chi connectivity index (χ4v) is 3.37. The standard InChI is InChI=1S/C13H19N3O3S/c1-3-7-5-8(9(6-7)12(18)19)11(17)14-13-16-15-10(4-2)20-13/h7-9H,3-6H2,1-2H3,(H,18,19)(H,14,16,17). The molecule has 1 fully saturated rings. The number of carbonyl (C=O) groups is 2. The first kappa shape index (κ1) is 14.9. The Morgan fingerprint density at radius 3 is 2.55 bits per heavy atom. The van der Waals surface area contributed by atoms with Crippen molar-refractivity contribution >= 4 is 28.3 Å². The van der Waals surface area contributed by atoms with Gasteiger partial charge in [-0.15, -0.1) is 10.2 Å². The number of carbonyl (C=O) groups excluding carboxylic acids is 1.